The van der Waals surface area contributed by atoms with Gasteiger partial charge in [-0.3, -0.25) is 19.2 Å². The van der Waals surface area contributed by atoms with Crippen LogP contribution in [0, 0.1) is 0 Å². The molecular formula is C12H21N5O8. The molecule has 4 amide bonds. The summed E-state index contributed by atoms with van der Waals surface area (Å²) in [5.41, 5.74) is 10.0. The van der Waals surface area contributed by atoms with Crippen molar-refractivity contribution in [3.8, 4) is 0 Å². The van der Waals surface area contributed by atoms with E-state index in [-0.39, 0.29) is 0 Å². The zero-order valence-corrected chi connectivity index (χ0v) is 13.1. The van der Waals surface area contributed by atoms with Crippen molar-refractivity contribution in [1.29, 1.82) is 0 Å². The van der Waals surface area contributed by atoms with Crippen molar-refractivity contribution < 1.29 is 39.3 Å². The van der Waals surface area contributed by atoms with Gasteiger partial charge in [0.25, 0.3) is 0 Å². The Morgan fingerprint density at radius 3 is 1.72 bits per heavy atom. The maximum Gasteiger partial charge on any atom is 0.328 e. The first-order chi connectivity index (χ1) is 11.7. The summed E-state index contributed by atoms with van der Waals surface area (Å²) in [6, 6.07) is -4.67. The van der Waals surface area contributed by atoms with Gasteiger partial charge in [0.2, 0.25) is 23.6 Å². The average Bonchev–Trinajstić information content (AvgIpc) is 2.55. The van der Waals surface area contributed by atoms with Crippen LogP contribution in [-0.4, -0.2) is 82.8 Å². The van der Waals surface area contributed by atoms with Crippen molar-refractivity contribution in [3.63, 3.8) is 0 Å². The lowest BCUT2D eigenvalue weighted by molar-refractivity contribution is -0.143. The van der Waals surface area contributed by atoms with Gasteiger partial charge in [-0.1, -0.05) is 0 Å². The Hall–Kier alpha value is -2.77. The summed E-state index contributed by atoms with van der Waals surface area (Å²) in [6.07, 6.45) is -0.592. The van der Waals surface area contributed by atoms with Crippen LogP contribution in [0.5, 0.6) is 0 Å². The van der Waals surface area contributed by atoms with E-state index in [1.807, 2.05) is 10.6 Å². The third-order valence-electron chi connectivity index (χ3n) is 2.86. The van der Waals surface area contributed by atoms with Crippen molar-refractivity contribution >= 4 is 29.6 Å². The number of rotatable bonds is 11. The molecule has 0 aromatic rings. The van der Waals surface area contributed by atoms with Gasteiger partial charge >= 0.3 is 5.97 Å². The Morgan fingerprint density at radius 2 is 1.32 bits per heavy atom. The van der Waals surface area contributed by atoms with Crippen LogP contribution in [0.2, 0.25) is 0 Å². The molecule has 0 aliphatic heterocycles. The quantitative estimate of drug-likeness (QED) is 0.174. The predicted octanol–water partition coefficient (Wildman–Crippen LogP) is -5.66. The molecule has 10 N–H and O–H groups in total. The maximum absolute atomic E-state index is 12.1. The summed E-state index contributed by atoms with van der Waals surface area (Å²) in [4.78, 5) is 56.9. The monoisotopic (exact) mass is 363 g/mol. The van der Waals surface area contributed by atoms with Crippen molar-refractivity contribution in [2.45, 2.75) is 24.5 Å². The minimum absolute atomic E-state index is 0.469. The SMILES string of the molecule is NCC(=O)NC(CC(N)=O)C(=O)NC(CO)C(=O)NC(CO)C(=O)O. The number of hydrogen-bond donors (Lipinski definition) is 8. The number of carboxylic acids is 1. The maximum atomic E-state index is 12.1. The summed E-state index contributed by atoms with van der Waals surface area (Å²) in [6.45, 7) is -2.29. The van der Waals surface area contributed by atoms with E-state index in [1.54, 1.807) is 0 Å². The Kier molecular flexibility index (Phi) is 9.69. The molecule has 0 heterocycles. The number of carbonyl (C=O) groups is 5. The standard InChI is InChI=1S/C12H21N5O8/c13-2-9(21)15-5(1-8(14)20)10(22)16-6(3-18)11(23)17-7(4-19)12(24)25/h5-7,18-19H,1-4,13H2,(H2,14,20)(H,15,21)(H,16,22)(H,17,23)(H,24,25). The molecule has 0 spiro atoms. The number of nitrogens with one attached hydrogen (secondary N) is 3. The molecular weight excluding hydrogens is 342 g/mol. The molecule has 0 bridgehead atoms. The fourth-order valence-electron chi connectivity index (χ4n) is 1.59. The summed E-state index contributed by atoms with van der Waals surface area (Å²) >= 11 is 0. The van der Waals surface area contributed by atoms with Gasteiger partial charge in [-0.15, -0.1) is 0 Å². The molecule has 0 fully saturated rings. The number of aliphatic hydroxyl groups excluding tert-OH is 2. The Bertz CT molecular complexity index is 526. The highest BCUT2D eigenvalue weighted by atomic mass is 16.4. The topological polar surface area (TPSA) is 234 Å². The summed E-state index contributed by atoms with van der Waals surface area (Å²) in [7, 11) is 0. The number of nitrogens with two attached hydrogens (primary N) is 2. The van der Waals surface area contributed by atoms with Crippen LogP contribution in [0.3, 0.4) is 0 Å². The highest BCUT2D eigenvalue weighted by molar-refractivity contribution is 5.95. The van der Waals surface area contributed by atoms with Gasteiger partial charge in [0.1, 0.15) is 18.1 Å². The Morgan fingerprint density at radius 1 is 0.840 bits per heavy atom. The van der Waals surface area contributed by atoms with E-state index in [0.29, 0.717) is 0 Å². The molecule has 142 valence electrons. The highest BCUT2D eigenvalue weighted by Gasteiger charge is 2.29. The minimum atomic E-state index is -1.64. The van der Waals surface area contributed by atoms with Crippen LogP contribution in [0.15, 0.2) is 0 Å². The fourth-order valence-corrected chi connectivity index (χ4v) is 1.59. The van der Waals surface area contributed by atoms with E-state index < -0.39 is 73.9 Å². The van der Waals surface area contributed by atoms with E-state index in [2.05, 4.69) is 5.32 Å². The number of hydrogen-bond acceptors (Lipinski definition) is 8. The molecule has 25 heavy (non-hydrogen) atoms. The lowest BCUT2D eigenvalue weighted by Crippen LogP contribution is -2.58. The molecule has 3 atom stereocenters. The molecule has 0 saturated heterocycles. The van der Waals surface area contributed by atoms with E-state index in [4.69, 9.17) is 21.7 Å². The minimum Gasteiger partial charge on any atom is -0.480 e. The summed E-state index contributed by atoms with van der Waals surface area (Å²) < 4.78 is 0. The highest BCUT2D eigenvalue weighted by Crippen LogP contribution is 1.95. The molecule has 0 aromatic heterocycles. The van der Waals surface area contributed by atoms with Crippen molar-refractivity contribution in [3.05, 3.63) is 0 Å². The van der Waals surface area contributed by atoms with Crippen LogP contribution in [0.4, 0.5) is 0 Å². The first kappa shape index (κ1) is 22.2. The van der Waals surface area contributed by atoms with Gasteiger partial charge in [0.15, 0.2) is 0 Å². The van der Waals surface area contributed by atoms with Crippen LogP contribution in [-0.2, 0) is 24.0 Å². The third-order valence-corrected chi connectivity index (χ3v) is 2.86. The van der Waals surface area contributed by atoms with Gasteiger partial charge in [0.05, 0.1) is 26.2 Å². The van der Waals surface area contributed by atoms with Gasteiger partial charge in [-0.05, 0) is 0 Å². The molecule has 13 heteroatoms. The smallest absolute Gasteiger partial charge is 0.328 e. The fraction of sp³-hybridized carbons (Fsp3) is 0.583. The van der Waals surface area contributed by atoms with Crippen LogP contribution in [0.1, 0.15) is 6.42 Å². The first-order valence-electron chi connectivity index (χ1n) is 6.99. The molecule has 13 nitrogen and oxygen atoms in total. The summed E-state index contributed by atoms with van der Waals surface area (Å²) in [5.74, 6) is -5.34. The lowest BCUT2D eigenvalue weighted by Gasteiger charge is -2.22. The molecule has 0 aliphatic carbocycles. The third kappa shape index (κ3) is 8.05. The second-order valence-electron chi connectivity index (χ2n) is 4.82. The first-order valence-corrected chi connectivity index (χ1v) is 6.99. The lowest BCUT2D eigenvalue weighted by atomic mass is 10.1. The molecule has 0 aliphatic rings. The Labute approximate surface area is 141 Å². The average molecular weight is 363 g/mol. The number of aliphatic hydroxyl groups is 2. The molecule has 0 radical (unpaired) electrons. The van der Waals surface area contributed by atoms with Crippen LogP contribution >= 0.6 is 0 Å². The molecule has 0 saturated carbocycles. The normalized spacial score (nSPS) is 13.9. The number of carbonyl (C=O) groups excluding carboxylic acids is 4. The molecule has 0 aromatic carbocycles. The van der Waals surface area contributed by atoms with Gasteiger partial charge < -0.3 is 42.7 Å². The van der Waals surface area contributed by atoms with E-state index in [0.717, 1.165) is 0 Å². The zero-order chi connectivity index (χ0) is 19.6. The van der Waals surface area contributed by atoms with E-state index >= 15 is 0 Å². The van der Waals surface area contributed by atoms with Crippen molar-refractivity contribution in [2.75, 3.05) is 19.8 Å². The van der Waals surface area contributed by atoms with E-state index in [9.17, 15) is 29.1 Å². The number of primary amides is 1. The van der Waals surface area contributed by atoms with Crippen molar-refractivity contribution in [1.82, 2.24) is 16.0 Å². The second-order valence-corrected chi connectivity index (χ2v) is 4.82. The second kappa shape index (κ2) is 10.9. The predicted molar refractivity (Wildman–Crippen MR) is 80.5 cm³/mol. The summed E-state index contributed by atoms with van der Waals surface area (Å²) in [5, 5.41) is 32.8. The number of aliphatic carboxylic acids is 1. The van der Waals surface area contributed by atoms with Crippen LogP contribution in [0.25, 0.3) is 0 Å². The van der Waals surface area contributed by atoms with Gasteiger partial charge in [0, 0.05) is 0 Å². The number of amides is 4. The van der Waals surface area contributed by atoms with Gasteiger partial charge in [-0.25, -0.2) is 4.79 Å². The van der Waals surface area contributed by atoms with Crippen LogP contribution < -0.4 is 27.4 Å². The van der Waals surface area contributed by atoms with Crippen molar-refractivity contribution in [2.24, 2.45) is 11.5 Å². The molecule has 0 rings (SSSR count). The molecule has 3 unspecified atom stereocenters. The zero-order valence-electron chi connectivity index (χ0n) is 13.1. The Balaban J connectivity index is 5.01. The van der Waals surface area contributed by atoms with Gasteiger partial charge in [-0.2, -0.15) is 0 Å². The number of carboxylic acid groups (broad SMARTS) is 1. The largest absolute Gasteiger partial charge is 0.480 e. The van der Waals surface area contributed by atoms with E-state index in [1.165, 1.54) is 0 Å².